The minimum atomic E-state index is -0.599. The van der Waals surface area contributed by atoms with Crippen molar-refractivity contribution >= 4 is 17.1 Å². The van der Waals surface area contributed by atoms with Crippen LogP contribution in [0.2, 0.25) is 0 Å². The number of hydrogen-bond donors (Lipinski definition) is 1. The molecule has 0 saturated heterocycles. The fraction of sp³-hybridized carbons (Fsp3) is 0.318. The lowest BCUT2D eigenvalue weighted by Gasteiger charge is -2.22. The molecule has 0 saturated carbocycles. The number of fused-ring (bicyclic) bond motifs is 1. The molecule has 2 aromatic heterocycles. The number of hydrogen-bond acceptors (Lipinski definition) is 5. The Morgan fingerprint density at radius 3 is 2.64 bits per heavy atom. The highest BCUT2D eigenvalue weighted by Gasteiger charge is 2.21. The summed E-state index contributed by atoms with van der Waals surface area (Å²) in [4.78, 5) is 29.0. The highest BCUT2D eigenvalue weighted by molar-refractivity contribution is 5.83. The second-order valence-electron chi connectivity index (χ2n) is 7.82. The molecule has 1 unspecified atom stereocenters. The zero-order chi connectivity index (χ0) is 20.5. The fourth-order valence-corrected chi connectivity index (χ4v) is 2.97. The van der Waals surface area contributed by atoms with E-state index in [0.29, 0.717) is 27.9 Å². The van der Waals surface area contributed by atoms with Crippen LogP contribution in [-0.4, -0.2) is 16.7 Å². The van der Waals surface area contributed by atoms with E-state index in [9.17, 15) is 9.59 Å². The number of aromatic nitrogens is 1. The SMILES string of the molecule is Cc1cc(C(C)NC(=O)OC(C)(C)C)c2oc(-c3cccnc3)cc(=O)c2c1. The molecule has 0 fully saturated rings. The zero-order valence-corrected chi connectivity index (χ0v) is 16.7. The summed E-state index contributed by atoms with van der Waals surface area (Å²) < 4.78 is 11.4. The first-order valence-corrected chi connectivity index (χ1v) is 9.12. The molecule has 28 heavy (non-hydrogen) atoms. The second kappa shape index (κ2) is 7.46. The Hall–Kier alpha value is -3.15. The Morgan fingerprint density at radius 2 is 2.00 bits per heavy atom. The Labute approximate surface area is 163 Å². The van der Waals surface area contributed by atoms with Gasteiger partial charge in [0.2, 0.25) is 0 Å². The quantitative estimate of drug-likeness (QED) is 0.709. The summed E-state index contributed by atoms with van der Waals surface area (Å²) in [6, 6.07) is 8.35. The summed E-state index contributed by atoms with van der Waals surface area (Å²) in [7, 11) is 0. The van der Waals surface area contributed by atoms with E-state index in [1.54, 1.807) is 45.3 Å². The molecular weight excluding hydrogens is 356 g/mol. The van der Waals surface area contributed by atoms with Crippen molar-refractivity contribution in [2.24, 2.45) is 0 Å². The number of aryl methyl sites for hydroxylation is 1. The molecule has 6 heteroatoms. The average Bonchev–Trinajstić information content (AvgIpc) is 2.60. The van der Waals surface area contributed by atoms with Gasteiger partial charge in [-0.2, -0.15) is 0 Å². The van der Waals surface area contributed by atoms with E-state index < -0.39 is 17.7 Å². The van der Waals surface area contributed by atoms with Crippen LogP contribution < -0.4 is 10.7 Å². The molecule has 3 aromatic rings. The van der Waals surface area contributed by atoms with Gasteiger partial charge in [0.1, 0.15) is 16.9 Å². The number of nitrogens with one attached hydrogen (secondary N) is 1. The smallest absolute Gasteiger partial charge is 0.408 e. The van der Waals surface area contributed by atoms with Gasteiger partial charge in [0, 0.05) is 29.6 Å². The minimum Gasteiger partial charge on any atom is -0.455 e. The van der Waals surface area contributed by atoms with E-state index >= 15 is 0 Å². The van der Waals surface area contributed by atoms with Crippen LogP contribution in [0.25, 0.3) is 22.3 Å². The summed E-state index contributed by atoms with van der Waals surface area (Å²) >= 11 is 0. The average molecular weight is 380 g/mol. The number of pyridine rings is 1. The lowest BCUT2D eigenvalue weighted by atomic mass is 10.0. The third-order valence-electron chi connectivity index (χ3n) is 4.15. The molecule has 0 radical (unpaired) electrons. The molecule has 2 heterocycles. The minimum absolute atomic E-state index is 0.144. The van der Waals surface area contributed by atoms with E-state index in [1.807, 2.05) is 26.0 Å². The van der Waals surface area contributed by atoms with Gasteiger partial charge in [-0.3, -0.25) is 9.78 Å². The van der Waals surface area contributed by atoms with Gasteiger partial charge >= 0.3 is 6.09 Å². The van der Waals surface area contributed by atoms with Crippen molar-refractivity contribution in [1.29, 1.82) is 0 Å². The third kappa shape index (κ3) is 4.39. The van der Waals surface area contributed by atoms with Crippen LogP contribution in [0.1, 0.15) is 44.9 Å². The third-order valence-corrected chi connectivity index (χ3v) is 4.15. The number of alkyl carbamates (subject to hydrolysis) is 1. The van der Waals surface area contributed by atoms with E-state index in [0.717, 1.165) is 5.56 Å². The summed E-state index contributed by atoms with van der Waals surface area (Å²) in [6.07, 6.45) is 2.77. The highest BCUT2D eigenvalue weighted by Crippen LogP contribution is 2.28. The summed E-state index contributed by atoms with van der Waals surface area (Å²) in [6.45, 7) is 9.14. The number of amides is 1. The van der Waals surface area contributed by atoms with E-state index in [-0.39, 0.29) is 5.43 Å². The highest BCUT2D eigenvalue weighted by atomic mass is 16.6. The molecule has 0 aliphatic heterocycles. The van der Waals surface area contributed by atoms with Crippen molar-refractivity contribution in [1.82, 2.24) is 10.3 Å². The number of benzene rings is 1. The molecule has 0 aliphatic carbocycles. The summed E-state index contributed by atoms with van der Waals surface area (Å²) in [5.74, 6) is 0.431. The standard InChI is InChI=1S/C22H24N2O4/c1-13-9-16(14(2)24-21(26)28-22(3,4)5)20-17(10-13)18(25)11-19(27-20)15-7-6-8-23-12-15/h6-12,14H,1-5H3,(H,24,26). The predicted molar refractivity (Wildman–Crippen MR) is 108 cm³/mol. The van der Waals surface area contributed by atoms with Crippen LogP contribution in [0, 0.1) is 6.92 Å². The van der Waals surface area contributed by atoms with Crippen molar-refractivity contribution in [2.75, 3.05) is 0 Å². The van der Waals surface area contributed by atoms with Gasteiger partial charge in [-0.05, 0) is 58.4 Å². The Kier molecular flexibility index (Phi) is 5.23. The van der Waals surface area contributed by atoms with E-state index in [2.05, 4.69) is 10.3 Å². The van der Waals surface area contributed by atoms with Crippen LogP contribution in [0.3, 0.4) is 0 Å². The maximum Gasteiger partial charge on any atom is 0.408 e. The maximum atomic E-state index is 12.7. The Bertz CT molecular complexity index is 1070. The maximum absolute atomic E-state index is 12.7. The van der Waals surface area contributed by atoms with Gasteiger partial charge in [-0.25, -0.2) is 4.79 Å². The molecule has 1 atom stereocenters. The van der Waals surface area contributed by atoms with Crippen molar-refractivity contribution < 1.29 is 13.9 Å². The van der Waals surface area contributed by atoms with Crippen molar-refractivity contribution in [3.8, 4) is 11.3 Å². The summed E-state index contributed by atoms with van der Waals surface area (Å²) in [5.41, 5.74) is 2.03. The van der Waals surface area contributed by atoms with Crippen LogP contribution >= 0.6 is 0 Å². The van der Waals surface area contributed by atoms with Crippen molar-refractivity contribution in [2.45, 2.75) is 46.3 Å². The van der Waals surface area contributed by atoms with Crippen molar-refractivity contribution in [3.63, 3.8) is 0 Å². The topological polar surface area (TPSA) is 81.4 Å². The normalized spacial score (nSPS) is 12.6. The Morgan fingerprint density at radius 1 is 1.25 bits per heavy atom. The zero-order valence-electron chi connectivity index (χ0n) is 16.7. The molecule has 0 bridgehead atoms. The molecular formula is C22H24N2O4. The number of carbonyl (C=O) groups excluding carboxylic acids is 1. The first-order chi connectivity index (χ1) is 13.1. The van der Waals surface area contributed by atoms with Crippen LogP contribution in [-0.2, 0) is 4.74 Å². The second-order valence-corrected chi connectivity index (χ2v) is 7.82. The number of rotatable bonds is 3. The first kappa shape index (κ1) is 19.6. The lowest BCUT2D eigenvalue weighted by molar-refractivity contribution is 0.0508. The van der Waals surface area contributed by atoms with Gasteiger partial charge < -0.3 is 14.5 Å². The molecule has 3 rings (SSSR count). The molecule has 0 spiro atoms. The molecule has 146 valence electrons. The first-order valence-electron chi connectivity index (χ1n) is 9.12. The molecule has 6 nitrogen and oxygen atoms in total. The van der Waals surface area contributed by atoms with E-state index in [1.165, 1.54) is 6.07 Å². The number of ether oxygens (including phenoxy) is 1. The monoisotopic (exact) mass is 380 g/mol. The van der Waals surface area contributed by atoms with Gasteiger partial charge in [-0.1, -0.05) is 6.07 Å². The number of nitrogens with zero attached hydrogens (tertiary/aromatic N) is 1. The molecule has 1 N–H and O–H groups in total. The van der Waals surface area contributed by atoms with Crippen LogP contribution in [0.5, 0.6) is 0 Å². The van der Waals surface area contributed by atoms with E-state index in [4.69, 9.17) is 9.15 Å². The molecule has 1 aromatic carbocycles. The molecule has 0 aliphatic rings. The number of carbonyl (C=O) groups is 1. The van der Waals surface area contributed by atoms with Crippen LogP contribution in [0.15, 0.2) is 51.9 Å². The largest absolute Gasteiger partial charge is 0.455 e. The van der Waals surface area contributed by atoms with Gasteiger partial charge in [0.15, 0.2) is 5.43 Å². The van der Waals surface area contributed by atoms with Gasteiger partial charge in [0.25, 0.3) is 0 Å². The van der Waals surface area contributed by atoms with Gasteiger partial charge in [-0.15, -0.1) is 0 Å². The van der Waals surface area contributed by atoms with Crippen LogP contribution in [0.4, 0.5) is 4.79 Å². The van der Waals surface area contributed by atoms with Gasteiger partial charge in [0.05, 0.1) is 11.4 Å². The Balaban J connectivity index is 2.07. The lowest BCUT2D eigenvalue weighted by Crippen LogP contribution is -2.34. The molecule has 1 amide bonds. The van der Waals surface area contributed by atoms with Crippen molar-refractivity contribution in [3.05, 3.63) is 64.1 Å². The predicted octanol–water partition coefficient (Wildman–Crippen LogP) is 4.75. The fourth-order valence-electron chi connectivity index (χ4n) is 2.97. The summed E-state index contributed by atoms with van der Waals surface area (Å²) in [5, 5.41) is 3.29.